The first-order valence-corrected chi connectivity index (χ1v) is 5.24. The fraction of sp³-hybridized carbons (Fsp3) is 0.500. The van der Waals surface area contributed by atoms with Crippen LogP contribution in [0.25, 0.3) is 0 Å². The lowest BCUT2D eigenvalue weighted by Gasteiger charge is -2.11. The molecule has 0 radical (unpaired) electrons. The molecule has 0 aliphatic heterocycles. The summed E-state index contributed by atoms with van der Waals surface area (Å²) in [6.07, 6.45) is -0.588. The Labute approximate surface area is 90.9 Å². The van der Waals surface area contributed by atoms with Crippen molar-refractivity contribution < 1.29 is 9.84 Å². The zero-order valence-electron chi connectivity index (χ0n) is 9.31. The molecule has 3 N–H and O–H groups in total. The van der Waals surface area contributed by atoms with Gasteiger partial charge in [0.25, 0.3) is 0 Å². The highest BCUT2D eigenvalue weighted by atomic mass is 16.5. The number of ether oxygens (including phenoxy) is 1. The van der Waals surface area contributed by atoms with Crippen molar-refractivity contribution in [2.45, 2.75) is 25.9 Å². The molecule has 1 rings (SSSR count). The van der Waals surface area contributed by atoms with E-state index in [2.05, 4.69) is 13.8 Å². The summed E-state index contributed by atoms with van der Waals surface area (Å²) in [4.78, 5) is 0. The Hall–Kier alpha value is -1.06. The molecule has 0 heterocycles. The number of benzene rings is 1. The van der Waals surface area contributed by atoms with E-state index in [-0.39, 0.29) is 13.2 Å². The van der Waals surface area contributed by atoms with E-state index in [1.165, 1.54) is 5.56 Å². The number of nitrogens with two attached hydrogens (primary N) is 1. The van der Waals surface area contributed by atoms with Gasteiger partial charge in [-0.1, -0.05) is 26.0 Å². The lowest BCUT2D eigenvalue weighted by Crippen LogP contribution is -2.26. The summed E-state index contributed by atoms with van der Waals surface area (Å²) in [5, 5.41) is 9.21. The molecule has 0 aliphatic rings. The maximum absolute atomic E-state index is 9.21. The van der Waals surface area contributed by atoms with Crippen molar-refractivity contribution in [2.75, 3.05) is 13.2 Å². The van der Waals surface area contributed by atoms with Crippen LogP contribution in [0.4, 0.5) is 0 Å². The summed E-state index contributed by atoms with van der Waals surface area (Å²) in [7, 11) is 0. The maximum Gasteiger partial charge on any atom is 0.119 e. The number of hydrogen-bond donors (Lipinski definition) is 2. The molecule has 3 heteroatoms. The molecule has 0 amide bonds. The first-order valence-electron chi connectivity index (χ1n) is 5.24. The Bertz CT molecular complexity index is 282. The molecule has 1 unspecified atom stereocenters. The van der Waals surface area contributed by atoms with Gasteiger partial charge in [-0.3, -0.25) is 0 Å². The van der Waals surface area contributed by atoms with Gasteiger partial charge in [0.15, 0.2) is 0 Å². The number of aliphatic hydroxyl groups is 1. The molecular formula is C12H19NO2. The lowest BCUT2D eigenvalue weighted by molar-refractivity contribution is 0.114. The second-order valence-electron chi connectivity index (χ2n) is 3.92. The largest absolute Gasteiger partial charge is 0.491 e. The quantitative estimate of drug-likeness (QED) is 0.772. The van der Waals surface area contributed by atoms with Gasteiger partial charge in [-0.05, 0) is 23.6 Å². The van der Waals surface area contributed by atoms with Gasteiger partial charge in [0.2, 0.25) is 0 Å². The Morgan fingerprint density at radius 2 is 1.87 bits per heavy atom. The summed E-state index contributed by atoms with van der Waals surface area (Å²) in [5.41, 5.74) is 6.55. The zero-order chi connectivity index (χ0) is 11.3. The topological polar surface area (TPSA) is 55.5 Å². The summed E-state index contributed by atoms with van der Waals surface area (Å²) < 4.78 is 5.36. The molecule has 0 aliphatic carbocycles. The average molecular weight is 209 g/mol. The van der Waals surface area contributed by atoms with Crippen LogP contribution in [-0.2, 0) is 0 Å². The summed E-state index contributed by atoms with van der Waals surface area (Å²) in [5.74, 6) is 1.29. The van der Waals surface area contributed by atoms with Crippen molar-refractivity contribution in [3.63, 3.8) is 0 Å². The van der Waals surface area contributed by atoms with Crippen LogP contribution in [-0.4, -0.2) is 24.4 Å². The smallest absolute Gasteiger partial charge is 0.119 e. The monoisotopic (exact) mass is 209 g/mol. The fourth-order valence-electron chi connectivity index (χ4n) is 1.21. The standard InChI is InChI=1S/C12H19NO2/c1-9(2)10-3-5-12(6-4-10)15-8-11(14)7-13/h3-6,9,11,14H,7-8,13H2,1-2H3. The van der Waals surface area contributed by atoms with Crippen LogP contribution >= 0.6 is 0 Å². The van der Waals surface area contributed by atoms with Crippen molar-refractivity contribution in [1.82, 2.24) is 0 Å². The third-order valence-corrected chi connectivity index (χ3v) is 2.26. The van der Waals surface area contributed by atoms with Crippen molar-refractivity contribution in [3.8, 4) is 5.75 Å². The van der Waals surface area contributed by atoms with Gasteiger partial charge >= 0.3 is 0 Å². The Morgan fingerprint density at radius 3 is 2.33 bits per heavy atom. The van der Waals surface area contributed by atoms with Crippen molar-refractivity contribution in [1.29, 1.82) is 0 Å². The van der Waals surface area contributed by atoms with E-state index in [0.717, 1.165) is 5.75 Å². The summed E-state index contributed by atoms with van der Waals surface area (Å²) >= 11 is 0. The van der Waals surface area contributed by atoms with Crippen LogP contribution in [0, 0.1) is 0 Å². The van der Waals surface area contributed by atoms with E-state index in [9.17, 15) is 5.11 Å². The minimum atomic E-state index is -0.588. The van der Waals surface area contributed by atoms with Crippen LogP contribution in [0.15, 0.2) is 24.3 Å². The van der Waals surface area contributed by atoms with E-state index in [0.29, 0.717) is 5.92 Å². The second-order valence-corrected chi connectivity index (χ2v) is 3.92. The predicted octanol–water partition coefficient (Wildman–Crippen LogP) is 1.51. The van der Waals surface area contributed by atoms with E-state index >= 15 is 0 Å². The Balaban J connectivity index is 2.50. The molecule has 0 saturated heterocycles. The number of rotatable bonds is 5. The molecular weight excluding hydrogens is 190 g/mol. The minimum absolute atomic E-state index is 0.226. The highest BCUT2D eigenvalue weighted by molar-refractivity contribution is 5.28. The first kappa shape index (κ1) is 12.0. The third kappa shape index (κ3) is 3.90. The van der Waals surface area contributed by atoms with E-state index in [1.54, 1.807) is 0 Å². The van der Waals surface area contributed by atoms with Crippen LogP contribution < -0.4 is 10.5 Å². The van der Waals surface area contributed by atoms with Gasteiger partial charge in [0.05, 0.1) is 0 Å². The molecule has 1 aromatic carbocycles. The molecule has 0 saturated carbocycles. The van der Waals surface area contributed by atoms with E-state index in [1.807, 2.05) is 24.3 Å². The number of aliphatic hydroxyl groups excluding tert-OH is 1. The summed E-state index contributed by atoms with van der Waals surface area (Å²) in [6, 6.07) is 7.90. The van der Waals surface area contributed by atoms with Crippen LogP contribution in [0.1, 0.15) is 25.3 Å². The van der Waals surface area contributed by atoms with Crippen LogP contribution in [0.5, 0.6) is 5.75 Å². The molecule has 84 valence electrons. The molecule has 15 heavy (non-hydrogen) atoms. The molecule has 0 bridgehead atoms. The lowest BCUT2D eigenvalue weighted by atomic mass is 10.0. The predicted molar refractivity (Wildman–Crippen MR) is 61.1 cm³/mol. The van der Waals surface area contributed by atoms with Crippen LogP contribution in [0.3, 0.4) is 0 Å². The van der Waals surface area contributed by atoms with Gasteiger partial charge in [-0.15, -0.1) is 0 Å². The van der Waals surface area contributed by atoms with Gasteiger partial charge < -0.3 is 15.6 Å². The minimum Gasteiger partial charge on any atom is -0.491 e. The highest BCUT2D eigenvalue weighted by Crippen LogP contribution is 2.18. The zero-order valence-corrected chi connectivity index (χ0v) is 9.31. The first-order chi connectivity index (χ1) is 7.13. The van der Waals surface area contributed by atoms with Crippen LogP contribution in [0.2, 0.25) is 0 Å². The molecule has 0 fully saturated rings. The number of hydrogen-bond acceptors (Lipinski definition) is 3. The van der Waals surface area contributed by atoms with Gasteiger partial charge in [0, 0.05) is 6.54 Å². The van der Waals surface area contributed by atoms with Gasteiger partial charge in [0.1, 0.15) is 18.5 Å². The average Bonchev–Trinajstić information content (AvgIpc) is 2.26. The Morgan fingerprint density at radius 1 is 1.27 bits per heavy atom. The molecule has 3 nitrogen and oxygen atoms in total. The second kappa shape index (κ2) is 5.73. The molecule has 1 aromatic rings. The highest BCUT2D eigenvalue weighted by Gasteiger charge is 2.03. The van der Waals surface area contributed by atoms with Crippen molar-refractivity contribution in [3.05, 3.63) is 29.8 Å². The van der Waals surface area contributed by atoms with Gasteiger partial charge in [-0.25, -0.2) is 0 Å². The maximum atomic E-state index is 9.21. The molecule has 0 spiro atoms. The normalized spacial score (nSPS) is 12.9. The third-order valence-electron chi connectivity index (χ3n) is 2.26. The van der Waals surface area contributed by atoms with E-state index < -0.39 is 6.10 Å². The van der Waals surface area contributed by atoms with Crippen molar-refractivity contribution >= 4 is 0 Å². The van der Waals surface area contributed by atoms with Crippen molar-refractivity contribution in [2.24, 2.45) is 5.73 Å². The van der Waals surface area contributed by atoms with Gasteiger partial charge in [-0.2, -0.15) is 0 Å². The molecule has 0 aromatic heterocycles. The Kier molecular flexibility index (Phi) is 4.59. The SMILES string of the molecule is CC(C)c1ccc(OCC(O)CN)cc1. The fourth-order valence-corrected chi connectivity index (χ4v) is 1.21. The summed E-state index contributed by atoms with van der Waals surface area (Å²) in [6.45, 7) is 4.77. The van der Waals surface area contributed by atoms with E-state index in [4.69, 9.17) is 10.5 Å². The molecule has 1 atom stereocenters.